The number of hydrogen-bond donors (Lipinski definition) is 2. The van der Waals surface area contributed by atoms with E-state index in [4.69, 9.17) is 6.57 Å². The van der Waals surface area contributed by atoms with Crippen LogP contribution >= 0.6 is 0 Å². The van der Waals surface area contributed by atoms with Gasteiger partial charge in [-0.1, -0.05) is 24.3 Å². The first-order chi connectivity index (χ1) is 14.4. The number of hydrogen-bond acceptors (Lipinski definition) is 3. The zero-order valence-electron chi connectivity index (χ0n) is 15.7. The first kappa shape index (κ1) is 19.5. The van der Waals surface area contributed by atoms with Crippen LogP contribution in [-0.2, 0) is 19.1 Å². The molecule has 0 bridgehead atoms. The molecule has 5 nitrogen and oxygen atoms in total. The number of benzene rings is 1. The number of pyridine rings is 2. The molecule has 2 N–H and O–H groups in total. The molecule has 0 aliphatic heterocycles. The molecule has 0 atom stereocenters. The lowest BCUT2D eigenvalue weighted by atomic mass is 10.1. The Kier molecular flexibility index (Phi) is 5.11. The van der Waals surface area contributed by atoms with E-state index in [2.05, 4.69) is 25.1 Å². The summed E-state index contributed by atoms with van der Waals surface area (Å²) < 4.78 is 39.3. The molecule has 0 saturated carbocycles. The Morgan fingerprint density at radius 2 is 1.87 bits per heavy atom. The third-order valence-electron chi connectivity index (χ3n) is 4.73. The van der Waals surface area contributed by atoms with Crippen LogP contribution in [0.4, 0.5) is 24.7 Å². The second-order valence-electron chi connectivity index (χ2n) is 6.75. The predicted molar refractivity (Wildman–Crippen MR) is 108 cm³/mol. The Morgan fingerprint density at radius 3 is 2.60 bits per heavy atom. The topological polar surface area (TPSA) is 58.0 Å². The number of nitrogens with one attached hydrogen (secondary N) is 2. The predicted octanol–water partition coefficient (Wildman–Crippen LogP) is 5.73. The molecule has 0 aliphatic carbocycles. The highest BCUT2D eigenvalue weighted by molar-refractivity contribution is 5.83. The van der Waals surface area contributed by atoms with Crippen molar-refractivity contribution in [3.8, 4) is 0 Å². The molecular weight excluding hydrogens is 391 g/mol. The largest absolute Gasteiger partial charge is 0.416 e. The van der Waals surface area contributed by atoms with Crippen molar-refractivity contribution in [1.82, 2.24) is 15.0 Å². The van der Waals surface area contributed by atoms with Crippen molar-refractivity contribution in [2.45, 2.75) is 19.1 Å². The van der Waals surface area contributed by atoms with E-state index >= 15 is 0 Å². The van der Waals surface area contributed by atoms with Gasteiger partial charge in [0.05, 0.1) is 12.1 Å². The fourth-order valence-electron chi connectivity index (χ4n) is 3.24. The number of rotatable bonds is 5. The molecule has 1 aromatic carbocycles. The van der Waals surface area contributed by atoms with E-state index < -0.39 is 11.7 Å². The molecule has 30 heavy (non-hydrogen) atoms. The Labute approximate surface area is 170 Å². The summed E-state index contributed by atoms with van der Waals surface area (Å²) in [5.74, 6) is 0.492. The van der Waals surface area contributed by atoms with E-state index in [0.717, 1.165) is 22.6 Å². The molecule has 3 aromatic heterocycles. The van der Waals surface area contributed by atoms with E-state index in [-0.39, 0.29) is 12.1 Å². The number of nitrogens with zero attached hydrogens (tertiary/aromatic N) is 3. The Bertz CT molecular complexity index is 1220. The molecule has 0 spiro atoms. The van der Waals surface area contributed by atoms with E-state index in [9.17, 15) is 13.2 Å². The summed E-state index contributed by atoms with van der Waals surface area (Å²) in [6.07, 6.45) is 1.26. The zero-order chi connectivity index (χ0) is 21.1. The summed E-state index contributed by atoms with van der Waals surface area (Å²) in [5.41, 5.74) is 2.63. The van der Waals surface area contributed by atoms with Crippen molar-refractivity contribution < 1.29 is 13.2 Å². The molecule has 8 heteroatoms. The van der Waals surface area contributed by atoms with Crippen LogP contribution < -0.4 is 5.32 Å². The maximum atomic E-state index is 13.1. The molecule has 4 aromatic rings. The number of fused-ring (bicyclic) bond motifs is 1. The van der Waals surface area contributed by atoms with Gasteiger partial charge in [0, 0.05) is 36.9 Å². The number of aromatic amines is 1. The van der Waals surface area contributed by atoms with Gasteiger partial charge >= 0.3 is 6.18 Å². The summed E-state index contributed by atoms with van der Waals surface area (Å²) in [6.45, 7) is 7.16. The van der Waals surface area contributed by atoms with E-state index in [1.165, 1.54) is 18.3 Å². The molecule has 0 unspecified atom stereocenters. The van der Waals surface area contributed by atoms with Crippen LogP contribution in [0.5, 0.6) is 0 Å². The van der Waals surface area contributed by atoms with Crippen molar-refractivity contribution in [3.05, 3.63) is 94.7 Å². The number of alkyl halides is 3. The minimum atomic E-state index is -4.39. The molecule has 0 fully saturated rings. The number of aromatic nitrogens is 3. The van der Waals surface area contributed by atoms with Crippen molar-refractivity contribution in [2.75, 3.05) is 5.32 Å². The summed E-state index contributed by atoms with van der Waals surface area (Å²) >= 11 is 0. The molecule has 150 valence electrons. The van der Waals surface area contributed by atoms with Gasteiger partial charge in [0.2, 0.25) is 5.69 Å². The molecule has 4 rings (SSSR count). The van der Waals surface area contributed by atoms with Crippen molar-refractivity contribution in [3.63, 3.8) is 0 Å². The summed E-state index contributed by atoms with van der Waals surface area (Å²) in [6, 6.07) is 10.9. The van der Waals surface area contributed by atoms with Crippen LogP contribution in [0.1, 0.15) is 22.3 Å². The standard InChI is InChI=1S/C22H16F3N5/c1-26-17-9-18-16(12-29-21(18)30-13-17)8-14-6-7-20(27-10-14)28-11-15-4-2-3-5-19(15)22(23,24)25/h2-7,9-10,12-13H,8,11H2,(H,27,28)(H,29,30). The van der Waals surface area contributed by atoms with Crippen molar-refractivity contribution in [1.29, 1.82) is 0 Å². The smallest absolute Gasteiger partial charge is 0.366 e. The SMILES string of the molecule is [C-]#[N+]c1cnc2[nH]cc(Cc3ccc(NCc4ccccc4C(F)(F)F)nc3)c2c1. The molecule has 0 saturated heterocycles. The van der Waals surface area contributed by atoms with Crippen LogP contribution in [0.3, 0.4) is 0 Å². The molecule has 0 aliphatic rings. The molecule has 0 amide bonds. The van der Waals surface area contributed by atoms with Gasteiger partial charge in [-0.15, -0.1) is 0 Å². The maximum Gasteiger partial charge on any atom is 0.416 e. The quantitative estimate of drug-likeness (QED) is 0.416. The van der Waals surface area contributed by atoms with Gasteiger partial charge in [-0.2, -0.15) is 13.2 Å². The minimum absolute atomic E-state index is 0.0234. The first-order valence-electron chi connectivity index (χ1n) is 9.11. The van der Waals surface area contributed by atoms with E-state index in [1.807, 2.05) is 12.3 Å². The second kappa shape index (κ2) is 7.87. The third-order valence-corrected chi connectivity index (χ3v) is 4.73. The number of H-pyrrole nitrogens is 1. The highest BCUT2D eigenvalue weighted by Crippen LogP contribution is 2.32. The van der Waals surface area contributed by atoms with Gasteiger partial charge < -0.3 is 10.3 Å². The first-order valence-corrected chi connectivity index (χ1v) is 9.11. The summed E-state index contributed by atoms with van der Waals surface area (Å²) in [7, 11) is 0. The van der Waals surface area contributed by atoms with Gasteiger partial charge in [-0.3, -0.25) is 4.98 Å². The van der Waals surface area contributed by atoms with E-state index in [1.54, 1.807) is 24.4 Å². The molecular formula is C22H16F3N5. The zero-order valence-corrected chi connectivity index (χ0v) is 15.7. The highest BCUT2D eigenvalue weighted by atomic mass is 19.4. The van der Waals surface area contributed by atoms with Crippen molar-refractivity contribution >= 4 is 22.5 Å². The Balaban J connectivity index is 1.46. The van der Waals surface area contributed by atoms with Gasteiger partial charge in [0.15, 0.2) is 0 Å². The van der Waals surface area contributed by atoms with Gasteiger partial charge in [-0.05, 0) is 34.9 Å². The number of anilines is 1. The average molecular weight is 407 g/mol. The molecule has 0 radical (unpaired) electrons. The Hall–Kier alpha value is -3.86. The molecule has 3 heterocycles. The highest BCUT2D eigenvalue weighted by Gasteiger charge is 2.32. The normalized spacial score (nSPS) is 11.4. The summed E-state index contributed by atoms with van der Waals surface area (Å²) in [5, 5.41) is 3.83. The van der Waals surface area contributed by atoms with Crippen molar-refractivity contribution in [2.24, 2.45) is 0 Å². The van der Waals surface area contributed by atoms with Crippen LogP contribution in [0.15, 0.2) is 61.1 Å². The van der Waals surface area contributed by atoms with Crippen LogP contribution in [0.25, 0.3) is 15.9 Å². The fraction of sp³-hybridized carbons (Fsp3) is 0.136. The second-order valence-corrected chi connectivity index (χ2v) is 6.75. The average Bonchev–Trinajstić information content (AvgIpc) is 3.14. The van der Waals surface area contributed by atoms with E-state index in [0.29, 0.717) is 23.6 Å². The lowest BCUT2D eigenvalue weighted by Crippen LogP contribution is -2.12. The minimum Gasteiger partial charge on any atom is -0.366 e. The maximum absolute atomic E-state index is 13.1. The summed E-state index contributed by atoms with van der Waals surface area (Å²) in [4.78, 5) is 15.0. The van der Waals surface area contributed by atoms with Gasteiger partial charge in [0.1, 0.15) is 11.5 Å². The van der Waals surface area contributed by atoms with Gasteiger partial charge in [-0.25, -0.2) is 9.83 Å². The third kappa shape index (κ3) is 4.10. The Morgan fingerprint density at radius 1 is 1.03 bits per heavy atom. The van der Waals surface area contributed by atoms with Crippen LogP contribution in [0.2, 0.25) is 0 Å². The van der Waals surface area contributed by atoms with Crippen LogP contribution in [-0.4, -0.2) is 15.0 Å². The monoisotopic (exact) mass is 407 g/mol. The fourth-order valence-corrected chi connectivity index (χ4v) is 3.24. The lowest BCUT2D eigenvalue weighted by molar-refractivity contribution is -0.138. The lowest BCUT2D eigenvalue weighted by Gasteiger charge is -2.13. The van der Waals surface area contributed by atoms with Crippen LogP contribution in [0, 0.1) is 6.57 Å². The number of halogens is 3. The van der Waals surface area contributed by atoms with Gasteiger partial charge in [0.25, 0.3) is 0 Å².